The average Bonchev–Trinajstić information content (AvgIpc) is 3.22. The largest absolute Gasteiger partial charge is 0.493 e. The standard InChI is InChI=1S/C21H18N2O6/c1-25-16-7-5-13(10-18(16)26-2)20(24)23-15-4-3-9-22-21(15)29-14-6-8-17-19(11-14)28-12-27-17/h3-11H,12H2,1-2H3,(H,23,24). The van der Waals surface area contributed by atoms with Gasteiger partial charge < -0.3 is 29.0 Å². The number of pyridine rings is 1. The first kappa shape index (κ1) is 18.4. The average molecular weight is 394 g/mol. The minimum absolute atomic E-state index is 0.176. The van der Waals surface area contributed by atoms with Crippen molar-refractivity contribution >= 4 is 11.6 Å². The Labute approximate surface area is 166 Å². The zero-order valence-electron chi connectivity index (χ0n) is 15.8. The van der Waals surface area contributed by atoms with E-state index < -0.39 is 0 Å². The lowest BCUT2D eigenvalue weighted by atomic mass is 10.2. The van der Waals surface area contributed by atoms with E-state index in [9.17, 15) is 4.79 Å². The van der Waals surface area contributed by atoms with Gasteiger partial charge in [-0.2, -0.15) is 0 Å². The number of aromatic nitrogens is 1. The van der Waals surface area contributed by atoms with E-state index in [1.165, 1.54) is 14.2 Å². The molecule has 2 heterocycles. The highest BCUT2D eigenvalue weighted by atomic mass is 16.7. The highest BCUT2D eigenvalue weighted by molar-refractivity contribution is 6.05. The molecule has 0 saturated heterocycles. The monoisotopic (exact) mass is 394 g/mol. The molecule has 8 nitrogen and oxygen atoms in total. The van der Waals surface area contributed by atoms with Crippen LogP contribution in [0.15, 0.2) is 54.7 Å². The van der Waals surface area contributed by atoms with Gasteiger partial charge in [0.1, 0.15) is 11.4 Å². The topological polar surface area (TPSA) is 88.1 Å². The van der Waals surface area contributed by atoms with Crippen LogP contribution in [-0.2, 0) is 0 Å². The van der Waals surface area contributed by atoms with Crippen molar-refractivity contribution in [1.82, 2.24) is 4.98 Å². The number of nitrogens with one attached hydrogen (secondary N) is 1. The normalized spacial score (nSPS) is 11.7. The van der Waals surface area contributed by atoms with Gasteiger partial charge in [-0.3, -0.25) is 4.79 Å². The Morgan fingerprint density at radius 3 is 2.66 bits per heavy atom. The van der Waals surface area contributed by atoms with Crippen LogP contribution in [0.25, 0.3) is 0 Å². The lowest BCUT2D eigenvalue weighted by Gasteiger charge is -2.12. The van der Waals surface area contributed by atoms with Crippen LogP contribution in [0.5, 0.6) is 34.6 Å². The molecule has 148 valence electrons. The lowest BCUT2D eigenvalue weighted by molar-refractivity contribution is 0.102. The third-order valence-electron chi connectivity index (χ3n) is 4.22. The van der Waals surface area contributed by atoms with E-state index in [1.54, 1.807) is 54.7 Å². The predicted octanol–water partition coefficient (Wildman–Crippen LogP) is 3.87. The van der Waals surface area contributed by atoms with Crippen molar-refractivity contribution < 1.29 is 28.5 Å². The van der Waals surface area contributed by atoms with Gasteiger partial charge in [-0.1, -0.05) is 0 Å². The van der Waals surface area contributed by atoms with E-state index in [4.69, 9.17) is 23.7 Å². The van der Waals surface area contributed by atoms with Crippen LogP contribution in [0, 0.1) is 0 Å². The Morgan fingerprint density at radius 2 is 1.83 bits per heavy atom. The number of carbonyl (C=O) groups excluding carboxylic acids is 1. The minimum atomic E-state index is -0.338. The number of amides is 1. The van der Waals surface area contributed by atoms with Crippen LogP contribution in [0.4, 0.5) is 5.69 Å². The smallest absolute Gasteiger partial charge is 0.255 e. The maximum absolute atomic E-state index is 12.7. The van der Waals surface area contributed by atoms with Crippen LogP contribution in [0.3, 0.4) is 0 Å². The van der Waals surface area contributed by atoms with Crippen LogP contribution in [0.2, 0.25) is 0 Å². The van der Waals surface area contributed by atoms with E-state index in [1.807, 2.05) is 0 Å². The predicted molar refractivity (Wildman–Crippen MR) is 104 cm³/mol. The second-order valence-electron chi connectivity index (χ2n) is 6.00. The fourth-order valence-corrected chi connectivity index (χ4v) is 2.79. The van der Waals surface area contributed by atoms with Gasteiger partial charge in [-0.15, -0.1) is 0 Å². The molecule has 4 rings (SSSR count). The molecule has 1 aromatic heterocycles. The molecule has 0 radical (unpaired) electrons. The zero-order valence-corrected chi connectivity index (χ0v) is 15.8. The molecule has 0 bridgehead atoms. The van der Waals surface area contributed by atoms with Gasteiger partial charge in [0.15, 0.2) is 23.0 Å². The summed E-state index contributed by atoms with van der Waals surface area (Å²) in [5.74, 6) is 2.67. The van der Waals surface area contributed by atoms with E-state index in [0.717, 1.165) is 0 Å². The second-order valence-corrected chi connectivity index (χ2v) is 6.00. The maximum Gasteiger partial charge on any atom is 0.255 e. The first-order valence-corrected chi connectivity index (χ1v) is 8.74. The quantitative estimate of drug-likeness (QED) is 0.679. The van der Waals surface area contributed by atoms with Gasteiger partial charge >= 0.3 is 0 Å². The van der Waals surface area contributed by atoms with Gasteiger partial charge in [-0.05, 0) is 42.5 Å². The second kappa shape index (κ2) is 7.97. The SMILES string of the molecule is COc1ccc(C(=O)Nc2cccnc2Oc2ccc3c(c2)OCO3)cc1OC. The Morgan fingerprint density at radius 1 is 1.00 bits per heavy atom. The molecule has 1 aliphatic heterocycles. The van der Waals surface area contributed by atoms with Crippen molar-refractivity contribution in [3.63, 3.8) is 0 Å². The van der Waals surface area contributed by atoms with Crippen molar-refractivity contribution in [3.8, 4) is 34.6 Å². The van der Waals surface area contributed by atoms with Crippen molar-refractivity contribution in [3.05, 3.63) is 60.3 Å². The summed E-state index contributed by atoms with van der Waals surface area (Å²) in [6.45, 7) is 0.176. The molecule has 0 fully saturated rings. The summed E-state index contributed by atoms with van der Waals surface area (Å²) in [5.41, 5.74) is 0.825. The Kier molecular flexibility index (Phi) is 5.07. The first-order valence-electron chi connectivity index (χ1n) is 8.74. The molecule has 1 amide bonds. The minimum Gasteiger partial charge on any atom is -0.493 e. The molecule has 29 heavy (non-hydrogen) atoms. The molecule has 1 aliphatic rings. The number of nitrogens with zero attached hydrogens (tertiary/aromatic N) is 1. The first-order chi connectivity index (χ1) is 14.2. The molecule has 0 atom stereocenters. The van der Waals surface area contributed by atoms with Crippen molar-refractivity contribution in [2.24, 2.45) is 0 Å². The zero-order chi connectivity index (χ0) is 20.2. The van der Waals surface area contributed by atoms with Crippen molar-refractivity contribution in [1.29, 1.82) is 0 Å². The van der Waals surface area contributed by atoms with Crippen LogP contribution >= 0.6 is 0 Å². The number of hydrogen-bond acceptors (Lipinski definition) is 7. The number of ether oxygens (including phenoxy) is 5. The van der Waals surface area contributed by atoms with Gasteiger partial charge in [0.05, 0.1) is 14.2 Å². The molecule has 0 saturated carbocycles. The summed E-state index contributed by atoms with van der Waals surface area (Å²) in [6.07, 6.45) is 1.58. The number of anilines is 1. The molecule has 8 heteroatoms. The van der Waals surface area contributed by atoms with Crippen molar-refractivity contribution in [2.75, 3.05) is 26.3 Å². The summed E-state index contributed by atoms with van der Waals surface area (Å²) in [5, 5.41) is 2.81. The van der Waals surface area contributed by atoms with Crippen LogP contribution in [0.1, 0.15) is 10.4 Å². The highest BCUT2D eigenvalue weighted by Crippen LogP contribution is 2.37. The third kappa shape index (κ3) is 3.86. The summed E-state index contributed by atoms with van der Waals surface area (Å²) in [4.78, 5) is 16.9. The summed E-state index contributed by atoms with van der Waals surface area (Å²) < 4.78 is 27.0. The summed E-state index contributed by atoms with van der Waals surface area (Å²) in [7, 11) is 3.05. The maximum atomic E-state index is 12.7. The number of rotatable bonds is 6. The Hall–Kier alpha value is -3.94. The molecule has 2 aromatic carbocycles. The van der Waals surface area contributed by atoms with Crippen molar-refractivity contribution in [2.45, 2.75) is 0 Å². The summed E-state index contributed by atoms with van der Waals surface area (Å²) >= 11 is 0. The molecule has 0 aliphatic carbocycles. The molecular formula is C21H18N2O6. The molecule has 3 aromatic rings. The Balaban J connectivity index is 1.55. The highest BCUT2D eigenvalue weighted by Gasteiger charge is 2.17. The van der Waals surface area contributed by atoms with E-state index in [2.05, 4.69) is 10.3 Å². The number of fused-ring (bicyclic) bond motifs is 1. The van der Waals surface area contributed by atoms with Gasteiger partial charge in [-0.25, -0.2) is 4.98 Å². The van der Waals surface area contributed by atoms with E-state index in [0.29, 0.717) is 40.0 Å². The van der Waals surface area contributed by atoms with Gasteiger partial charge in [0, 0.05) is 17.8 Å². The number of methoxy groups -OCH3 is 2. The fourth-order valence-electron chi connectivity index (χ4n) is 2.79. The third-order valence-corrected chi connectivity index (χ3v) is 4.22. The molecule has 0 spiro atoms. The van der Waals surface area contributed by atoms with Gasteiger partial charge in [0.25, 0.3) is 5.91 Å². The summed E-state index contributed by atoms with van der Waals surface area (Å²) in [6, 6.07) is 13.5. The van der Waals surface area contributed by atoms with E-state index >= 15 is 0 Å². The van der Waals surface area contributed by atoms with Crippen LogP contribution < -0.4 is 29.0 Å². The van der Waals surface area contributed by atoms with Crippen LogP contribution in [-0.4, -0.2) is 31.9 Å². The number of hydrogen-bond donors (Lipinski definition) is 1. The van der Waals surface area contributed by atoms with Gasteiger partial charge in [0.2, 0.25) is 12.7 Å². The number of carbonyl (C=O) groups is 1. The Bertz CT molecular complexity index is 1050. The molecular weight excluding hydrogens is 376 g/mol. The lowest BCUT2D eigenvalue weighted by Crippen LogP contribution is -2.13. The fraction of sp³-hybridized carbons (Fsp3) is 0.143. The molecule has 1 N–H and O–H groups in total. The van der Waals surface area contributed by atoms with E-state index in [-0.39, 0.29) is 18.6 Å². The molecule has 0 unspecified atom stereocenters. The number of benzene rings is 2.